The molecule has 1 amide bonds. The van der Waals surface area contributed by atoms with Crippen molar-refractivity contribution in [3.8, 4) is 0 Å². The van der Waals surface area contributed by atoms with Crippen LogP contribution in [0.15, 0.2) is 22.7 Å². The zero-order valence-electron chi connectivity index (χ0n) is 10.8. The van der Waals surface area contributed by atoms with Gasteiger partial charge >= 0.3 is 0 Å². The maximum Gasteiger partial charge on any atom is 0.223 e. The number of halogens is 1. The molecule has 0 aromatic heterocycles. The lowest BCUT2D eigenvalue weighted by atomic mass is 10.1. The Hall–Kier alpha value is -0.870. The van der Waals surface area contributed by atoms with E-state index in [0.29, 0.717) is 6.42 Å². The number of ether oxygens (including phenoxy) is 1. The third-order valence-corrected chi connectivity index (χ3v) is 4.09. The van der Waals surface area contributed by atoms with Gasteiger partial charge in [0.25, 0.3) is 0 Å². The predicted octanol–water partition coefficient (Wildman–Crippen LogP) is 2.55. The van der Waals surface area contributed by atoms with Crippen LogP contribution in [0.5, 0.6) is 0 Å². The highest BCUT2D eigenvalue weighted by Crippen LogP contribution is 2.21. The summed E-state index contributed by atoms with van der Waals surface area (Å²) in [5.41, 5.74) is 2.42. The van der Waals surface area contributed by atoms with E-state index in [1.165, 1.54) is 11.1 Å². The number of carbonyl (C=O) groups excluding carboxylic acids is 1. The molecule has 0 radical (unpaired) electrons. The van der Waals surface area contributed by atoms with Crippen molar-refractivity contribution >= 4 is 21.8 Å². The topological polar surface area (TPSA) is 29.5 Å². The lowest BCUT2D eigenvalue weighted by Gasteiger charge is -2.38. The van der Waals surface area contributed by atoms with Gasteiger partial charge < -0.3 is 9.64 Å². The van der Waals surface area contributed by atoms with Crippen LogP contribution in [0.4, 0.5) is 0 Å². The maximum atomic E-state index is 11.9. The lowest BCUT2D eigenvalue weighted by Crippen LogP contribution is -2.54. The molecule has 0 unspecified atom stereocenters. The molecule has 0 atom stereocenters. The SMILES string of the molecule is COC1CN(C(=O)CCc2ccc(C)cc2Br)C1. The normalized spacial score (nSPS) is 15.6. The van der Waals surface area contributed by atoms with E-state index < -0.39 is 0 Å². The molecule has 1 fully saturated rings. The van der Waals surface area contributed by atoms with Crippen molar-refractivity contribution in [2.45, 2.75) is 25.9 Å². The minimum Gasteiger partial charge on any atom is -0.378 e. The Labute approximate surface area is 116 Å². The van der Waals surface area contributed by atoms with E-state index in [9.17, 15) is 4.79 Å². The Morgan fingerprint density at radius 2 is 2.22 bits per heavy atom. The molecule has 1 aromatic carbocycles. The molecule has 4 heteroatoms. The van der Waals surface area contributed by atoms with Gasteiger partial charge in [-0.05, 0) is 30.5 Å². The Bertz CT molecular complexity index is 441. The minimum absolute atomic E-state index is 0.218. The summed E-state index contributed by atoms with van der Waals surface area (Å²) in [5.74, 6) is 0.218. The van der Waals surface area contributed by atoms with Crippen molar-refractivity contribution in [2.75, 3.05) is 20.2 Å². The molecule has 1 aliphatic rings. The third kappa shape index (κ3) is 3.12. The van der Waals surface area contributed by atoms with Gasteiger partial charge in [-0.15, -0.1) is 0 Å². The Kier molecular flexibility index (Phi) is 4.40. The number of hydrogen-bond donors (Lipinski definition) is 0. The predicted molar refractivity (Wildman–Crippen MR) is 74.6 cm³/mol. The molecule has 1 aliphatic heterocycles. The molecular formula is C14H18BrNO2. The van der Waals surface area contributed by atoms with Crippen molar-refractivity contribution in [3.05, 3.63) is 33.8 Å². The quantitative estimate of drug-likeness (QED) is 0.855. The number of methoxy groups -OCH3 is 1. The number of likely N-dealkylation sites (tertiary alicyclic amines) is 1. The molecule has 3 nitrogen and oxygen atoms in total. The largest absolute Gasteiger partial charge is 0.378 e. The van der Waals surface area contributed by atoms with E-state index in [1.54, 1.807) is 7.11 Å². The molecule has 0 spiro atoms. The van der Waals surface area contributed by atoms with Crippen LogP contribution in [-0.2, 0) is 16.0 Å². The van der Waals surface area contributed by atoms with Gasteiger partial charge in [-0.3, -0.25) is 4.79 Å². The summed E-state index contributed by atoms with van der Waals surface area (Å²) in [6.07, 6.45) is 1.59. The van der Waals surface area contributed by atoms with Crippen LogP contribution >= 0.6 is 15.9 Å². The first-order valence-electron chi connectivity index (χ1n) is 6.15. The summed E-state index contributed by atoms with van der Waals surface area (Å²) in [5, 5.41) is 0. The highest BCUT2D eigenvalue weighted by atomic mass is 79.9. The number of hydrogen-bond acceptors (Lipinski definition) is 2. The second-order valence-electron chi connectivity index (χ2n) is 4.75. The zero-order valence-corrected chi connectivity index (χ0v) is 12.4. The van der Waals surface area contributed by atoms with Crippen molar-refractivity contribution in [2.24, 2.45) is 0 Å². The van der Waals surface area contributed by atoms with E-state index in [-0.39, 0.29) is 12.0 Å². The van der Waals surface area contributed by atoms with E-state index in [2.05, 4.69) is 41.1 Å². The molecule has 1 saturated heterocycles. The van der Waals surface area contributed by atoms with Gasteiger partial charge in [0.1, 0.15) is 0 Å². The third-order valence-electron chi connectivity index (χ3n) is 3.35. The first-order chi connectivity index (χ1) is 8.60. The van der Waals surface area contributed by atoms with Gasteiger partial charge in [0.05, 0.1) is 6.10 Å². The summed E-state index contributed by atoms with van der Waals surface area (Å²) in [7, 11) is 1.69. The number of nitrogens with zero attached hydrogens (tertiary/aromatic N) is 1. The molecule has 98 valence electrons. The molecule has 2 rings (SSSR count). The van der Waals surface area contributed by atoms with E-state index in [1.807, 2.05) is 4.90 Å². The van der Waals surface area contributed by atoms with Crippen molar-refractivity contribution in [1.29, 1.82) is 0 Å². The van der Waals surface area contributed by atoms with Crippen molar-refractivity contribution in [1.82, 2.24) is 4.90 Å². The fourth-order valence-corrected chi connectivity index (χ4v) is 2.74. The van der Waals surface area contributed by atoms with E-state index in [0.717, 1.165) is 24.0 Å². The van der Waals surface area contributed by atoms with Crippen molar-refractivity contribution < 1.29 is 9.53 Å². The molecule has 0 aliphatic carbocycles. The van der Waals surface area contributed by atoms with E-state index >= 15 is 0 Å². The van der Waals surface area contributed by atoms with E-state index in [4.69, 9.17) is 4.74 Å². The molecule has 1 aromatic rings. The highest BCUT2D eigenvalue weighted by molar-refractivity contribution is 9.10. The van der Waals surface area contributed by atoms with Crippen LogP contribution in [0.2, 0.25) is 0 Å². The van der Waals surface area contributed by atoms with Gasteiger partial charge in [-0.2, -0.15) is 0 Å². The summed E-state index contributed by atoms with van der Waals surface area (Å²) in [4.78, 5) is 13.8. The number of benzene rings is 1. The number of carbonyl (C=O) groups is 1. The fraction of sp³-hybridized carbons (Fsp3) is 0.500. The summed E-state index contributed by atoms with van der Waals surface area (Å²) in [6.45, 7) is 3.54. The average Bonchev–Trinajstić information content (AvgIpc) is 2.26. The smallest absolute Gasteiger partial charge is 0.223 e. The Balaban J connectivity index is 1.83. The van der Waals surface area contributed by atoms with Gasteiger partial charge in [0.2, 0.25) is 5.91 Å². The molecule has 0 N–H and O–H groups in total. The van der Waals surface area contributed by atoms with Crippen LogP contribution in [0, 0.1) is 6.92 Å². The van der Waals surface area contributed by atoms with Crippen LogP contribution in [0.1, 0.15) is 17.5 Å². The fourth-order valence-electron chi connectivity index (χ4n) is 2.05. The monoisotopic (exact) mass is 311 g/mol. The zero-order chi connectivity index (χ0) is 13.1. The second kappa shape index (κ2) is 5.85. The van der Waals surface area contributed by atoms with Gasteiger partial charge in [0, 0.05) is 31.1 Å². The molecule has 0 saturated carbocycles. The summed E-state index contributed by atoms with van der Waals surface area (Å²) in [6, 6.07) is 6.25. The van der Waals surface area contributed by atoms with Crippen LogP contribution in [-0.4, -0.2) is 37.1 Å². The van der Waals surface area contributed by atoms with Crippen molar-refractivity contribution in [3.63, 3.8) is 0 Å². The van der Waals surface area contributed by atoms with Gasteiger partial charge in [0.15, 0.2) is 0 Å². The number of aryl methyl sites for hydroxylation is 2. The second-order valence-corrected chi connectivity index (χ2v) is 5.61. The standard InChI is InChI=1S/C14H18BrNO2/c1-10-3-4-11(13(15)7-10)5-6-14(17)16-8-12(9-16)18-2/h3-4,7,12H,5-6,8-9H2,1-2H3. The Morgan fingerprint density at radius 3 is 2.83 bits per heavy atom. The first kappa shape index (κ1) is 13.6. The minimum atomic E-state index is 0.218. The first-order valence-corrected chi connectivity index (χ1v) is 6.95. The Morgan fingerprint density at radius 1 is 1.50 bits per heavy atom. The molecule has 1 heterocycles. The number of amides is 1. The maximum absolute atomic E-state index is 11.9. The van der Waals surface area contributed by atoms with Crippen LogP contribution in [0.3, 0.4) is 0 Å². The summed E-state index contributed by atoms with van der Waals surface area (Å²) < 4.78 is 6.25. The summed E-state index contributed by atoms with van der Waals surface area (Å²) >= 11 is 3.54. The molecular weight excluding hydrogens is 294 g/mol. The highest BCUT2D eigenvalue weighted by Gasteiger charge is 2.29. The van der Waals surface area contributed by atoms with Crippen LogP contribution in [0.25, 0.3) is 0 Å². The van der Waals surface area contributed by atoms with Gasteiger partial charge in [-0.1, -0.05) is 28.1 Å². The molecule has 18 heavy (non-hydrogen) atoms. The molecule has 0 bridgehead atoms. The average molecular weight is 312 g/mol. The number of rotatable bonds is 4. The van der Waals surface area contributed by atoms with Gasteiger partial charge in [-0.25, -0.2) is 0 Å². The lowest BCUT2D eigenvalue weighted by molar-refractivity contribution is -0.142. The van der Waals surface area contributed by atoms with Crippen LogP contribution < -0.4 is 0 Å².